The molecule has 13 nitrogen and oxygen atoms in total. The number of hydrogen-bond donors (Lipinski definition) is 6. The molecule has 11 atom stereocenters. The Hall–Kier alpha value is -3.98. The molecule has 284 valence electrons. The lowest BCUT2D eigenvalue weighted by Gasteiger charge is -2.66. The Morgan fingerprint density at radius 2 is 1.53 bits per heavy atom. The van der Waals surface area contributed by atoms with Gasteiger partial charge in [-0.05, 0) is 68.0 Å². The van der Waals surface area contributed by atoms with Crippen molar-refractivity contribution in [1.82, 2.24) is 5.32 Å². The third kappa shape index (κ3) is 5.75. The molecule has 2 bridgehead atoms. The molecule has 7 rings (SSSR count). The van der Waals surface area contributed by atoms with Crippen molar-refractivity contribution in [1.29, 1.82) is 0 Å². The number of nitrogens with one attached hydrogen (secondary N) is 1. The molecule has 2 aromatic carbocycles. The van der Waals surface area contributed by atoms with E-state index in [2.05, 4.69) is 5.32 Å². The predicted molar refractivity (Wildman–Crippen MR) is 186 cm³/mol. The van der Waals surface area contributed by atoms with E-state index in [9.17, 15) is 44.7 Å². The van der Waals surface area contributed by atoms with Gasteiger partial charge in [-0.15, -0.1) is 0 Å². The van der Waals surface area contributed by atoms with Crippen molar-refractivity contribution >= 4 is 23.6 Å². The number of benzene rings is 2. The summed E-state index contributed by atoms with van der Waals surface area (Å²) >= 11 is 0. The standard InChI is InChI=1S/C40H47NO12/c1-20-24(52-36(48)30(44)28(21-15-16-21)41-34(46)22-11-7-5-8-12-22)18-40(50)33(53-35(47)23-13-9-6-10-14-23)31-38(4,25(42)17-26-39(31,49)19-51-26)32(45)29(43)27(20)37(40,2)3/h5-14,21,24-26,28-31,33,42-44,49-50H,15-19H2,1-4H3,(H,41,46)/t24?,25?,26?,28?,29?,30?,31?,33?,38-,39+,40?/m1/s1. The number of esters is 2. The SMILES string of the molecule is CC1=C2C(O)C(=O)[C@]3(C)C(O)CC4OC[C@@]4(O)C3C(OC(=O)c3ccccc3)C(O)(CC1OC(=O)C(O)C(NC(=O)c1ccccc1)C1CC1)C2(C)C. The maximum absolute atomic E-state index is 14.6. The number of hydrogen-bond acceptors (Lipinski definition) is 12. The Bertz CT molecular complexity index is 1830. The van der Waals surface area contributed by atoms with Gasteiger partial charge in [-0.3, -0.25) is 9.59 Å². The molecule has 0 aromatic heterocycles. The zero-order chi connectivity index (χ0) is 38.2. The fraction of sp³-hybridized carbons (Fsp3) is 0.550. The Balaban J connectivity index is 1.29. The molecule has 0 spiro atoms. The smallest absolute Gasteiger partial charge is 0.338 e. The summed E-state index contributed by atoms with van der Waals surface area (Å²) in [5.74, 6) is -5.04. The molecule has 2 aromatic rings. The minimum absolute atomic E-state index is 0.00808. The number of carbonyl (C=O) groups excluding carboxylic acids is 4. The van der Waals surface area contributed by atoms with E-state index in [0.717, 1.165) is 0 Å². The topological polar surface area (TPSA) is 209 Å². The van der Waals surface area contributed by atoms with Crippen molar-refractivity contribution in [2.24, 2.45) is 22.7 Å². The van der Waals surface area contributed by atoms with Crippen LogP contribution < -0.4 is 5.32 Å². The molecular weight excluding hydrogens is 686 g/mol. The van der Waals surface area contributed by atoms with Crippen molar-refractivity contribution in [2.45, 2.75) is 107 Å². The molecule has 4 fully saturated rings. The number of aliphatic hydroxyl groups excluding tert-OH is 3. The van der Waals surface area contributed by atoms with E-state index >= 15 is 0 Å². The van der Waals surface area contributed by atoms with Crippen molar-refractivity contribution in [3.63, 3.8) is 0 Å². The summed E-state index contributed by atoms with van der Waals surface area (Å²) in [4.78, 5) is 55.4. The van der Waals surface area contributed by atoms with Crippen molar-refractivity contribution in [3.8, 4) is 0 Å². The average molecular weight is 734 g/mol. The second-order valence-electron chi connectivity index (χ2n) is 16.2. The predicted octanol–water partition coefficient (Wildman–Crippen LogP) is 1.63. The number of amides is 1. The lowest BCUT2D eigenvalue weighted by Crippen LogP contribution is -2.81. The van der Waals surface area contributed by atoms with Crippen LogP contribution >= 0.6 is 0 Å². The Labute approximate surface area is 306 Å². The van der Waals surface area contributed by atoms with Crippen LogP contribution in [0.2, 0.25) is 0 Å². The van der Waals surface area contributed by atoms with Gasteiger partial charge in [0.2, 0.25) is 0 Å². The zero-order valence-electron chi connectivity index (χ0n) is 30.1. The van der Waals surface area contributed by atoms with Gasteiger partial charge in [-0.2, -0.15) is 0 Å². The molecule has 3 saturated carbocycles. The normalized spacial score (nSPS) is 37.0. The van der Waals surface area contributed by atoms with Crippen LogP contribution in [-0.2, 0) is 23.8 Å². The first-order valence-electron chi connectivity index (χ1n) is 18.1. The summed E-state index contributed by atoms with van der Waals surface area (Å²) < 4.78 is 17.8. The van der Waals surface area contributed by atoms with Crippen LogP contribution in [0.3, 0.4) is 0 Å². The number of fused-ring (bicyclic) bond motifs is 5. The van der Waals surface area contributed by atoms with E-state index < -0.39 is 101 Å². The van der Waals surface area contributed by atoms with E-state index in [-0.39, 0.29) is 35.7 Å². The van der Waals surface area contributed by atoms with E-state index in [4.69, 9.17) is 14.2 Å². The van der Waals surface area contributed by atoms with E-state index in [1.165, 1.54) is 19.1 Å². The molecular formula is C40H47NO12. The lowest BCUT2D eigenvalue weighted by molar-refractivity contribution is -0.343. The minimum Gasteiger partial charge on any atom is -0.456 e. The van der Waals surface area contributed by atoms with Crippen LogP contribution in [0.4, 0.5) is 0 Å². The highest BCUT2D eigenvalue weighted by molar-refractivity contribution is 5.95. The Morgan fingerprint density at radius 1 is 0.925 bits per heavy atom. The number of carbonyl (C=O) groups is 4. The Kier molecular flexibility index (Phi) is 9.23. The highest BCUT2D eigenvalue weighted by atomic mass is 16.6. The first-order chi connectivity index (χ1) is 25.0. The maximum atomic E-state index is 14.6. The molecule has 1 heterocycles. The summed E-state index contributed by atoms with van der Waals surface area (Å²) in [5, 5.41) is 63.1. The lowest BCUT2D eigenvalue weighted by atomic mass is 9.44. The van der Waals surface area contributed by atoms with Gasteiger partial charge in [0.05, 0.1) is 35.8 Å². The van der Waals surface area contributed by atoms with Crippen molar-refractivity contribution < 1.29 is 58.9 Å². The second kappa shape index (κ2) is 13.1. The van der Waals surface area contributed by atoms with Crippen LogP contribution in [0.15, 0.2) is 71.8 Å². The molecule has 1 saturated heterocycles. The maximum Gasteiger partial charge on any atom is 0.338 e. The largest absolute Gasteiger partial charge is 0.456 e. The average Bonchev–Trinajstić information content (AvgIpc) is 3.98. The quantitative estimate of drug-likeness (QED) is 0.169. The first-order valence-corrected chi connectivity index (χ1v) is 18.1. The molecule has 5 aliphatic rings. The summed E-state index contributed by atoms with van der Waals surface area (Å²) in [7, 11) is 0. The van der Waals surface area contributed by atoms with Gasteiger partial charge in [0.15, 0.2) is 11.9 Å². The molecule has 1 amide bonds. The zero-order valence-corrected chi connectivity index (χ0v) is 30.1. The molecule has 6 N–H and O–H groups in total. The van der Waals surface area contributed by atoms with Crippen LogP contribution in [0.5, 0.6) is 0 Å². The van der Waals surface area contributed by atoms with Crippen LogP contribution in [0.1, 0.15) is 74.1 Å². The van der Waals surface area contributed by atoms with Crippen molar-refractivity contribution in [2.75, 3.05) is 6.61 Å². The molecule has 1 aliphatic heterocycles. The monoisotopic (exact) mass is 733 g/mol. The van der Waals surface area contributed by atoms with E-state index in [1.54, 1.807) is 69.3 Å². The fourth-order valence-corrected chi connectivity index (χ4v) is 9.47. The van der Waals surface area contributed by atoms with Gasteiger partial charge in [0, 0.05) is 29.7 Å². The van der Waals surface area contributed by atoms with E-state index in [1.807, 2.05) is 0 Å². The van der Waals surface area contributed by atoms with Gasteiger partial charge in [-0.1, -0.05) is 50.2 Å². The summed E-state index contributed by atoms with van der Waals surface area (Å²) in [5.41, 5.74) is -6.97. The first kappa shape index (κ1) is 37.3. The van der Waals surface area contributed by atoms with Gasteiger partial charge in [-0.25, -0.2) is 9.59 Å². The number of aliphatic hydroxyl groups is 5. The third-order valence-corrected chi connectivity index (χ3v) is 12.9. The van der Waals surface area contributed by atoms with Crippen LogP contribution in [-0.4, -0.2) is 110 Å². The van der Waals surface area contributed by atoms with E-state index in [0.29, 0.717) is 18.4 Å². The van der Waals surface area contributed by atoms with Gasteiger partial charge in [0.25, 0.3) is 5.91 Å². The molecule has 0 radical (unpaired) electrons. The highest BCUT2D eigenvalue weighted by Crippen LogP contribution is 2.63. The van der Waals surface area contributed by atoms with Crippen LogP contribution in [0.25, 0.3) is 0 Å². The summed E-state index contributed by atoms with van der Waals surface area (Å²) in [6.07, 6.45) is -8.57. The summed E-state index contributed by atoms with van der Waals surface area (Å²) in [6, 6.07) is 15.3. The van der Waals surface area contributed by atoms with Crippen LogP contribution in [0, 0.1) is 22.7 Å². The number of Topliss-reactive ketones (excluding diaryl/α,β-unsaturated/α-hetero) is 1. The van der Waals surface area contributed by atoms with Gasteiger partial charge in [0.1, 0.15) is 29.5 Å². The summed E-state index contributed by atoms with van der Waals surface area (Å²) in [6.45, 7) is 5.78. The van der Waals surface area contributed by atoms with Crippen molar-refractivity contribution in [3.05, 3.63) is 82.9 Å². The Morgan fingerprint density at radius 3 is 2.09 bits per heavy atom. The fourth-order valence-electron chi connectivity index (χ4n) is 9.47. The highest BCUT2D eigenvalue weighted by Gasteiger charge is 2.76. The molecule has 9 unspecified atom stereocenters. The molecule has 13 heteroatoms. The molecule has 4 aliphatic carbocycles. The minimum atomic E-state index is -2.26. The van der Waals surface area contributed by atoms with Gasteiger partial charge < -0.3 is 45.1 Å². The molecule has 53 heavy (non-hydrogen) atoms. The number of rotatable bonds is 8. The van der Waals surface area contributed by atoms with Gasteiger partial charge >= 0.3 is 11.9 Å². The number of ketones is 1. The second-order valence-corrected chi connectivity index (χ2v) is 16.2. The third-order valence-electron chi connectivity index (χ3n) is 12.9. The number of ether oxygens (including phenoxy) is 3.